The quantitative estimate of drug-likeness (QED) is 0.0741. The smallest absolute Gasteiger partial charge is 0.320 e. The Bertz CT molecular complexity index is 1240. The highest BCUT2D eigenvalue weighted by molar-refractivity contribution is 6.46. The normalized spacial score (nSPS) is 15.7. The Balaban J connectivity index is 0.000000298. The highest BCUT2D eigenvalue weighted by atomic mass is 16.4. The van der Waals surface area contributed by atoms with Crippen LogP contribution in [0.25, 0.3) is 0 Å². The molecular formula is C24H24N2O12. The van der Waals surface area contributed by atoms with Crippen LogP contribution in [0.15, 0.2) is 59.9 Å². The van der Waals surface area contributed by atoms with Crippen molar-refractivity contribution in [3.05, 3.63) is 65.5 Å². The van der Waals surface area contributed by atoms with Crippen LogP contribution in [-0.4, -0.2) is 77.8 Å². The molecule has 2 atom stereocenters. The number of carboxylic acids is 2. The average molecular weight is 532 g/mol. The first-order valence-electron chi connectivity index (χ1n) is 10.5. The van der Waals surface area contributed by atoms with Gasteiger partial charge in [-0.05, 0) is 42.0 Å². The molecule has 1 aromatic rings. The lowest BCUT2D eigenvalue weighted by molar-refractivity contribution is -0.139. The third-order valence-corrected chi connectivity index (χ3v) is 4.66. The number of phenolic OH excluding ortho intramolecular Hbond substituents is 3. The molecule has 0 saturated heterocycles. The molecule has 0 aromatic heterocycles. The van der Waals surface area contributed by atoms with Crippen LogP contribution in [0.3, 0.4) is 0 Å². The molecule has 3 rings (SSSR count). The van der Waals surface area contributed by atoms with Gasteiger partial charge in [0, 0.05) is 30.6 Å². The van der Waals surface area contributed by atoms with Crippen LogP contribution < -0.4 is 11.5 Å². The Hall–Kier alpha value is -5.08. The summed E-state index contributed by atoms with van der Waals surface area (Å²) in [5.41, 5.74) is 10.7. The summed E-state index contributed by atoms with van der Waals surface area (Å²) in [7, 11) is 0. The van der Waals surface area contributed by atoms with Crippen molar-refractivity contribution in [2.75, 3.05) is 0 Å². The van der Waals surface area contributed by atoms with E-state index in [-0.39, 0.29) is 41.3 Å². The number of aliphatic hydroxyl groups is 1. The number of aromatic hydroxyl groups is 3. The van der Waals surface area contributed by atoms with Gasteiger partial charge in [-0.3, -0.25) is 28.8 Å². The van der Waals surface area contributed by atoms with Crippen molar-refractivity contribution in [2.45, 2.75) is 24.9 Å². The molecule has 0 saturated carbocycles. The molecule has 10 N–H and O–H groups in total. The number of benzene rings is 1. The van der Waals surface area contributed by atoms with Gasteiger partial charge < -0.3 is 42.1 Å². The van der Waals surface area contributed by atoms with Crippen molar-refractivity contribution in [1.82, 2.24) is 0 Å². The van der Waals surface area contributed by atoms with Crippen LogP contribution in [0.1, 0.15) is 12.0 Å². The van der Waals surface area contributed by atoms with Gasteiger partial charge in [0.1, 0.15) is 23.6 Å². The minimum absolute atomic E-state index is 0.0644. The second-order valence-electron chi connectivity index (χ2n) is 7.67. The Labute approximate surface area is 214 Å². The number of allylic oxidation sites excluding steroid dienone is 7. The van der Waals surface area contributed by atoms with Crippen molar-refractivity contribution in [2.24, 2.45) is 11.5 Å². The molecule has 0 heterocycles. The lowest BCUT2D eigenvalue weighted by Crippen LogP contribution is -2.32. The van der Waals surface area contributed by atoms with Crippen molar-refractivity contribution in [3.63, 3.8) is 0 Å². The maximum absolute atomic E-state index is 10.9. The predicted octanol–water partition coefficient (Wildman–Crippen LogP) is -0.683. The number of phenols is 3. The molecule has 1 aromatic carbocycles. The van der Waals surface area contributed by atoms with Gasteiger partial charge in [0.15, 0.2) is 23.1 Å². The highest BCUT2D eigenvalue weighted by Gasteiger charge is 2.23. The molecule has 2 unspecified atom stereocenters. The summed E-state index contributed by atoms with van der Waals surface area (Å²) in [4.78, 5) is 63.2. The summed E-state index contributed by atoms with van der Waals surface area (Å²) >= 11 is 0. The fraction of sp³-hybridized carbons (Fsp3) is 0.167. The van der Waals surface area contributed by atoms with E-state index in [9.17, 15) is 39.0 Å². The summed E-state index contributed by atoms with van der Waals surface area (Å²) in [6.07, 6.45) is 6.34. The minimum atomic E-state index is -1.24. The molecule has 0 spiro atoms. The van der Waals surface area contributed by atoms with Gasteiger partial charge in [-0.2, -0.15) is 0 Å². The van der Waals surface area contributed by atoms with E-state index >= 15 is 0 Å². The molecule has 202 valence electrons. The number of hydrogen-bond acceptors (Lipinski definition) is 12. The Kier molecular flexibility index (Phi) is 11.3. The van der Waals surface area contributed by atoms with Crippen molar-refractivity contribution in [3.8, 4) is 17.2 Å². The van der Waals surface area contributed by atoms with E-state index in [1.807, 2.05) is 0 Å². The number of nitrogens with two attached hydrogens (primary N) is 2. The zero-order valence-electron chi connectivity index (χ0n) is 19.5. The number of aliphatic hydroxyl groups excluding tert-OH is 1. The topological polar surface area (TPSA) is 276 Å². The van der Waals surface area contributed by atoms with E-state index in [1.165, 1.54) is 24.3 Å². The zero-order valence-corrected chi connectivity index (χ0v) is 19.5. The van der Waals surface area contributed by atoms with Gasteiger partial charge in [-0.15, -0.1) is 0 Å². The fourth-order valence-electron chi connectivity index (χ4n) is 2.62. The maximum atomic E-state index is 10.9. The van der Waals surface area contributed by atoms with Crippen LogP contribution in [-0.2, 0) is 35.2 Å². The van der Waals surface area contributed by atoms with Gasteiger partial charge in [0.25, 0.3) is 0 Å². The largest absolute Gasteiger partial charge is 0.508 e. The maximum Gasteiger partial charge on any atom is 0.320 e. The average Bonchev–Trinajstić information content (AvgIpc) is 2.83. The second kappa shape index (κ2) is 13.9. The summed E-state index contributed by atoms with van der Waals surface area (Å²) in [6, 6.07) is -0.375. The van der Waals surface area contributed by atoms with E-state index in [2.05, 4.69) is 0 Å². The highest BCUT2D eigenvalue weighted by Crippen LogP contribution is 2.32. The first kappa shape index (κ1) is 31.0. The SMILES string of the molecule is NC(CC1=CC(=O)C(=O)C=C1O)C(=O)O.NC(Cc1cc(O)c(O)cc1O)C(=O)O.O=C1C=CC(=O)C=C1. The standard InChI is InChI=1S/C9H11NO5.C9H9NO5.C6H4O2/c2*10-5(9(14)15)1-4-2-7(12)8(13)3-6(4)11;7-5-1-2-6(8)4-3-5/h2-3,5,11-13H,1,10H2,(H,14,15);2-3,5,11H,1,10H2,(H,14,15);1-4H. The molecule has 0 radical (unpaired) electrons. The van der Waals surface area contributed by atoms with Gasteiger partial charge in [0.2, 0.25) is 11.6 Å². The lowest BCUT2D eigenvalue weighted by atomic mass is 9.97. The van der Waals surface area contributed by atoms with Gasteiger partial charge in [-0.1, -0.05) is 0 Å². The first-order valence-corrected chi connectivity index (χ1v) is 10.5. The van der Waals surface area contributed by atoms with E-state index in [0.717, 1.165) is 24.3 Å². The van der Waals surface area contributed by atoms with Crippen LogP contribution >= 0.6 is 0 Å². The summed E-state index contributed by atoms with van der Waals surface area (Å²) in [6.45, 7) is 0. The molecule has 14 nitrogen and oxygen atoms in total. The number of carbonyl (C=O) groups excluding carboxylic acids is 4. The van der Waals surface area contributed by atoms with Crippen molar-refractivity contribution >= 4 is 35.1 Å². The molecule has 2 aliphatic rings. The summed E-state index contributed by atoms with van der Waals surface area (Å²) in [5.74, 6) is -5.93. The van der Waals surface area contributed by atoms with E-state index in [0.29, 0.717) is 0 Å². The van der Waals surface area contributed by atoms with Crippen LogP contribution in [0.4, 0.5) is 0 Å². The van der Waals surface area contributed by atoms with Crippen molar-refractivity contribution in [1.29, 1.82) is 0 Å². The summed E-state index contributed by atoms with van der Waals surface area (Å²) in [5, 5.41) is 53.8. The van der Waals surface area contributed by atoms with E-state index in [1.54, 1.807) is 0 Å². The van der Waals surface area contributed by atoms with Gasteiger partial charge in [-0.25, -0.2) is 0 Å². The number of hydrogen-bond donors (Lipinski definition) is 8. The number of rotatable bonds is 6. The number of carboxylic acid groups (broad SMARTS) is 2. The number of aliphatic carboxylic acids is 2. The van der Waals surface area contributed by atoms with Gasteiger partial charge in [0.05, 0.1) is 0 Å². The second-order valence-corrected chi connectivity index (χ2v) is 7.67. The molecule has 0 aliphatic heterocycles. The van der Waals surface area contributed by atoms with E-state index in [4.69, 9.17) is 31.9 Å². The number of ketones is 4. The predicted molar refractivity (Wildman–Crippen MR) is 128 cm³/mol. The molecule has 14 heteroatoms. The van der Waals surface area contributed by atoms with Crippen LogP contribution in [0.2, 0.25) is 0 Å². The number of carbonyl (C=O) groups is 6. The van der Waals surface area contributed by atoms with Crippen LogP contribution in [0.5, 0.6) is 17.2 Å². The van der Waals surface area contributed by atoms with Gasteiger partial charge >= 0.3 is 11.9 Å². The Morgan fingerprint density at radius 2 is 1.08 bits per heavy atom. The third-order valence-electron chi connectivity index (χ3n) is 4.66. The molecule has 38 heavy (non-hydrogen) atoms. The minimum Gasteiger partial charge on any atom is -0.508 e. The van der Waals surface area contributed by atoms with E-state index < -0.39 is 52.8 Å². The Morgan fingerprint density at radius 3 is 1.55 bits per heavy atom. The van der Waals surface area contributed by atoms with Crippen molar-refractivity contribution < 1.29 is 59.4 Å². The zero-order chi connectivity index (χ0) is 29.2. The summed E-state index contributed by atoms with van der Waals surface area (Å²) < 4.78 is 0. The molecule has 0 amide bonds. The third kappa shape index (κ3) is 9.88. The first-order chi connectivity index (χ1) is 17.6. The lowest BCUT2D eigenvalue weighted by Gasteiger charge is -2.12. The molecule has 0 fully saturated rings. The monoisotopic (exact) mass is 532 g/mol. The van der Waals surface area contributed by atoms with Crippen LogP contribution in [0, 0.1) is 0 Å². The molecule has 2 aliphatic carbocycles. The molecule has 0 bridgehead atoms. The fourth-order valence-corrected chi connectivity index (χ4v) is 2.62. The Morgan fingerprint density at radius 1 is 0.658 bits per heavy atom. The molecular weight excluding hydrogens is 508 g/mol.